The molecular weight excluding hydrogens is 222 g/mol. The van der Waals surface area contributed by atoms with E-state index < -0.39 is 0 Å². The van der Waals surface area contributed by atoms with Crippen LogP contribution >= 0.6 is 0 Å². The summed E-state index contributed by atoms with van der Waals surface area (Å²) in [6.45, 7) is 13.1. The van der Waals surface area contributed by atoms with Gasteiger partial charge in [0, 0.05) is 18.3 Å². The van der Waals surface area contributed by atoms with Crippen molar-refractivity contribution < 1.29 is 0 Å². The summed E-state index contributed by atoms with van der Waals surface area (Å²) in [5, 5.41) is 8.18. The third-order valence-electron chi connectivity index (χ3n) is 3.80. The molecule has 3 heteroatoms. The third-order valence-corrected chi connectivity index (χ3v) is 3.80. The minimum Gasteiger partial charge on any atom is -0.314 e. The van der Waals surface area contributed by atoms with Gasteiger partial charge in [0.15, 0.2) is 0 Å². The molecule has 1 aromatic rings. The number of nitrogens with zero attached hydrogens (tertiary/aromatic N) is 2. The maximum absolute atomic E-state index is 4.64. The summed E-state index contributed by atoms with van der Waals surface area (Å²) in [6, 6.07) is 2.86. The van der Waals surface area contributed by atoms with Gasteiger partial charge in [0.1, 0.15) is 0 Å². The van der Waals surface area contributed by atoms with Gasteiger partial charge in [0.2, 0.25) is 0 Å². The van der Waals surface area contributed by atoms with Crippen LogP contribution in [0.15, 0.2) is 6.07 Å². The van der Waals surface area contributed by atoms with Crippen LogP contribution < -0.4 is 5.32 Å². The molecule has 0 aromatic carbocycles. The van der Waals surface area contributed by atoms with Gasteiger partial charge in [-0.25, -0.2) is 0 Å². The molecule has 1 aromatic heterocycles. The van der Waals surface area contributed by atoms with Crippen molar-refractivity contribution in [2.24, 2.45) is 5.92 Å². The van der Waals surface area contributed by atoms with Crippen LogP contribution in [0.5, 0.6) is 0 Å². The predicted molar refractivity (Wildman–Crippen MR) is 77.9 cm³/mol. The molecule has 0 bridgehead atoms. The number of rotatable bonds is 8. The monoisotopic (exact) mass is 251 g/mol. The first-order valence-electron chi connectivity index (χ1n) is 7.45. The van der Waals surface area contributed by atoms with E-state index >= 15 is 0 Å². The van der Waals surface area contributed by atoms with Crippen molar-refractivity contribution in [3.8, 4) is 0 Å². The lowest BCUT2D eigenvalue weighted by Crippen LogP contribution is -2.34. The summed E-state index contributed by atoms with van der Waals surface area (Å²) >= 11 is 0. The van der Waals surface area contributed by atoms with E-state index in [4.69, 9.17) is 0 Å². The molecule has 0 spiro atoms. The van der Waals surface area contributed by atoms with E-state index in [1.165, 1.54) is 17.8 Å². The Morgan fingerprint density at radius 2 is 2.00 bits per heavy atom. The summed E-state index contributed by atoms with van der Waals surface area (Å²) in [6.07, 6.45) is 3.37. The molecular formula is C15H29N3. The highest BCUT2D eigenvalue weighted by molar-refractivity contribution is 5.11. The zero-order valence-corrected chi connectivity index (χ0v) is 12.7. The Kier molecular flexibility index (Phi) is 6.41. The molecule has 1 heterocycles. The third kappa shape index (κ3) is 3.84. The normalized spacial score (nSPS) is 14.7. The van der Waals surface area contributed by atoms with E-state index in [1.807, 2.05) is 0 Å². The molecule has 2 atom stereocenters. The van der Waals surface area contributed by atoms with Crippen LogP contribution in [0.1, 0.15) is 52.4 Å². The minimum atomic E-state index is 0.574. The quantitative estimate of drug-likeness (QED) is 0.769. The minimum absolute atomic E-state index is 0.574. The zero-order chi connectivity index (χ0) is 13.5. The van der Waals surface area contributed by atoms with Crippen molar-refractivity contribution >= 4 is 0 Å². The first-order valence-corrected chi connectivity index (χ1v) is 7.45. The average molecular weight is 251 g/mol. The van der Waals surface area contributed by atoms with Crippen LogP contribution in [0.4, 0.5) is 0 Å². The molecule has 18 heavy (non-hydrogen) atoms. The van der Waals surface area contributed by atoms with Crippen LogP contribution in [0.3, 0.4) is 0 Å². The molecule has 104 valence electrons. The Balaban J connectivity index is 2.77. The van der Waals surface area contributed by atoms with Crippen molar-refractivity contribution in [1.29, 1.82) is 0 Å². The fourth-order valence-electron chi connectivity index (χ4n) is 2.56. The second kappa shape index (κ2) is 7.57. The molecule has 0 fully saturated rings. The summed E-state index contributed by atoms with van der Waals surface area (Å²) in [7, 11) is 0. The molecule has 2 unspecified atom stereocenters. The largest absolute Gasteiger partial charge is 0.314 e. The molecule has 0 amide bonds. The fourth-order valence-corrected chi connectivity index (χ4v) is 2.56. The van der Waals surface area contributed by atoms with Gasteiger partial charge in [-0.15, -0.1) is 0 Å². The van der Waals surface area contributed by atoms with Gasteiger partial charge < -0.3 is 5.32 Å². The lowest BCUT2D eigenvalue weighted by atomic mass is 9.93. The van der Waals surface area contributed by atoms with Crippen molar-refractivity contribution in [1.82, 2.24) is 15.1 Å². The van der Waals surface area contributed by atoms with Crippen LogP contribution in [-0.4, -0.2) is 22.4 Å². The molecule has 0 aliphatic carbocycles. The number of hydrogen-bond acceptors (Lipinski definition) is 2. The van der Waals surface area contributed by atoms with Crippen molar-refractivity contribution in [2.45, 2.75) is 66.5 Å². The Labute approximate surface area is 112 Å². The lowest BCUT2D eigenvalue weighted by Gasteiger charge is -2.23. The molecule has 0 saturated carbocycles. The molecule has 1 rings (SSSR count). The van der Waals surface area contributed by atoms with Gasteiger partial charge in [0.25, 0.3) is 0 Å². The molecule has 0 aliphatic rings. The Morgan fingerprint density at radius 3 is 2.50 bits per heavy atom. The first-order chi connectivity index (χ1) is 8.65. The lowest BCUT2D eigenvalue weighted by molar-refractivity contribution is 0.359. The number of aromatic nitrogens is 2. The molecule has 3 nitrogen and oxygen atoms in total. The maximum atomic E-state index is 4.64. The van der Waals surface area contributed by atoms with Crippen LogP contribution in [-0.2, 0) is 19.4 Å². The molecule has 0 radical (unpaired) electrons. The zero-order valence-electron chi connectivity index (χ0n) is 12.7. The van der Waals surface area contributed by atoms with E-state index in [2.05, 4.69) is 55.8 Å². The standard InChI is InChI=1S/C15H29N3/c1-6-13(12(5)16-8-3)10-15-11-14(7-2)17-18(15)9-4/h11-13,16H,6-10H2,1-5H3. The highest BCUT2D eigenvalue weighted by atomic mass is 15.3. The van der Waals surface area contributed by atoms with Crippen molar-refractivity contribution in [3.05, 3.63) is 17.5 Å². The fraction of sp³-hybridized carbons (Fsp3) is 0.800. The predicted octanol–water partition coefficient (Wildman–Crippen LogP) is 3.03. The van der Waals surface area contributed by atoms with E-state index in [0.717, 1.165) is 25.9 Å². The van der Waals surface area contributed by atoms with Crippen LogP contribution in [0.2, 0.25) is 0 Å². The van der Waals surface area contributed by atoms with Gasteiger partial charge in [-0.05, 0) is 45.2 Å². The number of nitrogens with one attached hydrogen (secondary N) is 1. The SMILES string of the molecule is CCNC(C)C(CC)Cc1cc(CC)nn1CC. The summed E-state index contributed by atoms with van der Waals surface area (Å²) in [4.78, 5) is 0. The van der Waals surface area contributed by atoms with Gasteiger partial charge in [0.05, 0.1) is 5.69 Å². The Bertz CT molecular complexity index is 344. The highest BCUT2D eigenvalue weighted by Crippen LogP contribution is 2.17. The summed E-state index contributed by atoms with van der Waals surface area (Å²) in [5.41, 5.74) is 2.61. The Morgan fingerprint density at radius 1 is 1.28 bits per heavy atom. The number of hydrogen-bond donors (Lipinski definition) is 1. The van der Waals surface area contributed by atoms with E-state index in [9.17, 15) is 0 Å². The Hall–Kier alpha value is -0.830. The second-order valence-corrected chi connectivity index (χ2v) is 5.02. The van der Waals surface area contributed by atoms with Crippen molar-refractivity contribution in [3.63, 3.8) is 0 Å². The van der Waals surface area contributed by atoms with Crippen molar-refractivity contribution in [2.75, 3.05) is 6.54 Å². The van der Waals surface area contributed by atoms with Gasteiger partial charge in [-0.1, -0.05) is 27.2 Å². The summed E-state index contributed by atoms with van der Waals surface area (Å²) < 4.78 is 2.17. The van der Waals surface area contributed by atoms with Gasteiger partial charge >= 0.3 is 0 Å². The maximum Gasteiger partial charge on any atom is 0.0624 e. The molecule has 0 aliphatic heterocycles. The number of aryl methyl sites for hydroxylation is 2. The van der Waals surface area contributed by atoms with E-state index in [-0.39, 0.29) is 0 Å². The topological polar surface area (TPSA) is 29.9 Å². The van der Waals surface area contributed by atoms with Gasteiger partial charge in [-0.3, -0.25) is 4.68 Å². The smallest absolute Gasteiger partial charge is 0.0624 e. The van der Waals surface area contributed by atoms with Crippen LogP contribution in [0.25, 0.3) is 0 Å². The van der Waals surface area contributed by atoms with Gasteiger partial charge in [-0.2, -0.15) is 5.10 Å². The first kappa shape index (κ1) is 15.2. The average Bonchev–Trinajstić information content (AvgIpc) is 2.78. The van der Waals surface area contributed by atoms with E-state index in [1.54, 1.807) is 0 Å². The molecule has 1 N–H and O–H groups in total. The van der Waals surface area contributed by atoms with E-state index in [0.29, 0.717) is 12.0 Å². The second-order valence-electron chi connectivity index (χ2n) is 5.02. The van der Waals surface area contributed by atoms with Crippen LogP contribution in [0, 0.1) is 5.92 Å². The summed E-state index contributed by atoms with van der Waals surface area (Å²) in [5.74, 6) is 0.691. The molecule has 0 saturated heterocycles. The highest BCUT2D eigenvalue weighted by Gasteiger charge is 2.17.